The van der Waals surface area contributed by atoms with E-state index in [-0.39, 0.29) is 22.1 Å². The van der Waals surface area contributed by atoms with Crippen LogP contribution in [0.25, 0.3) is 0 Å². The van der Waals surface area contributed by atoms with Crippen LogP contribution in [0, 0.1) is 0 Å². The molecule has 0 bridgehead atoms. The van der Waals surface area contributed by atoms with Crippen LogP contribution < -0.4 is 5.32 Å². The van der Waals surface area contributed by atoms with Gasteiger partial charge in [-0.3, -0.25) is 9.59 Å². The summed E-state index contributed by atoms with van der Waals surface area (Å²) in [6, 6.07) is 9.02. The third kappa shape index (κ3) is 3.88. The van der Waals surface area contributed by atoms with Crippen LogP contribution in [0.5, 0.6) is 5.75 Å². The van der Waals surface area contributed by atoms with Crippen LogP contribution in [0.2, 0.25) is 0 Å². The van der Waals surface area contributed by atoms with Crippen LogP contribution in [0.4, 0.5) is 5.69 Å². The minimum atomic E-state index is -1.28. The number of aromatic hydroxyl groups is 1. The molecule has 0 fully saturated rings. The molecular weight excluding hydrogens is 370 g/mol. The Morgan fingerprint density at radius 3 is 2.10 bits per heavy atom. The minimum Gasteiger partial charge on any atom is -0.507 e. The number of ketones is 1. The van der Waals surface area contributed by atoms with Crippen LogP contribution in [-0.2, 0) is 15.6 Å². The summed E-state index contributed by atoms with van der Waals surface area (Å²) in [5.74, 6) is -3.30. The summed E-state index contributed by atoms with van der Waals surface area (Å²) < 4.78 is 0. The van der Waals surface area contributed by atoms with Crippen LogP contribution in [0.3, 0.4) is 0 Å². The lowest BCUT2D eigenvalue weighted by molar-refractivity contribution is -0.112. The number of fused-ring (bicyclic) bond motifs is 1. The number of hydrogen-bond acceptors (Lipinski definition) is 4. The summed E-state index contributed by atoms with van der Waals surface area (Å²) in [5.41, 5.74) is 2.36. The molecule has 1 aliphatic carbocycles. The molecule has 6 heteroatoms. The van der Waals surface area contributed by atoms with Gasteiger partial charge >= 0.3 is 5.97 Å². The van der Waals surface area contributed by atoms with Gasteiger partial charge in [0, 0.05) is 17.3 Å². The van der Waals surface area contributed by atoms with Gasteiger partial charge in [0.2, 0.25) is 0 Å². The molecule has 0 spiro atoms. The molecule has 29 heavy (non-hydrogen) atoms. The topological polar surface area (TPSA) is 104 Å². The maximum atomic E-state index is 12.7. The number of rotatable bonds is 4. The lowest BCUT2D eigenvalue weighted by Crippen LogP contribution is -2.34. The van der Waals surface area contributed by atoms with Crippen molar-refractivity contribution in [2.24, 2.45) is 0 Å². The zero-order valence-corrected chi connectivity index (χ0v) is 17.0. The molecule has 2 aromatic rings. The second kappa shape index (κ2) is 7.03. The SMILES string of the molecule is CC1(C)CCC(C)(C)c2cc(C(=O)C(=O)Nc3ccc(C(=O)O)c(O)c3)ccc21. The number of Topliss-reactive ketones (excluding diaryl/α,β-unsaturated/α-hetero) is 1. The fourth-order valence-corrected chi connectivity index (χ4v) is 3.84. The molecule has 0 heterocycles. The monoisotopic (exact) mass is 395 g/mol. The maximum absolute atomic E-state index is 12.7. The van der Waals surface area contributed by atoms with Crippen LogP contribution in [0.1, 0.15) is 72.4 Å². The Kier molecular flexibility index (Phi) is 4.99. The van der Waals surface area contributed by atoms with E-state index in [1.165, 1.54) is 17.7 Å². The van der Waals surface area contributed by atoms with Gasteiger partial charge in [-0.1, -0.05) is 39.8 Å². The number of carboxylic acid groups (broad SMARTS) is 1. The predicted octanol–water partition coefficient (Wildman–Crippen LogP) is 4.26. The van der Waals surface area contributed by atoms with Crippen LogP contribution in [-0.4, -0.2) is 27.9 Å². The average molecular weight is 395 g/mol. The molecule has 0 unspecified atom stereocenters. The Balaban J connectivity index is 1.86. The minimum absolute atomic E-state index is 0.0120. The maximum Gasteiger partial charge on any atom is 0.339 e. The lowest BCUT2D eigenvalue weighted by Gasteiger charge is -2.42. The van der Waals surface area contributed by atoms with Gasteiger partial charge in [0.05, 0.1) is 0 Å². The average Bonchev–Trinajstić information content (AvgIpc) is 2.64. The van der Waals surface area contributed by atoms with Crippen LogP contribution in [0.15, 0.2) is 36.4 Å². The Hall–Kier alpha value is -3.15. The Labute approximate surface area is 169 Å². The first-order chi connectivity index (χ1) is 13.4. The zero-order valence-electron chi connectivity index (χ0n) is 17.0. The molecule has 3 N–H and O–H groups in total. The molecule has 0 saturated carbocycles. The second-order valence-electron chi connectivity index (χ2n) is 8.85. The van der Waals surface area contributed by atoms with Gasteiger partial charge in [0.15, 0.2) is 0 Å². The summed E-state index contributed by atoms with van der Waals surface area (Å²) in [4.78, 5) is 36.1. The van der Waals surface area contributed by atoms with Crippen LogP contribution >= 0.6 is 0 Å². The number of carbonyl (C=O) groups is 3. The Morgan fingerprint density at radius 2 is 1.52 bits per heavy atom. The zero-order chi connectivity index (χ0) is 21.6. The van der Waals surface area contributed by atoms with Crippen molar-refractivity contribution in [3.8, 4) is 5.75 Å². The molecule has 1 aliphatic rings. The van der Waals surface area contributed by atoms with Gasteiger partial charge in [-0.25, -0.2) is 4.79 Å². The Bertz CT molecular complexity index is 1020. The second-order valence-corrected chi connectivity index (χ2v) is 8.85. The van der Waals surface area contributed by atoms with Crippen molar-refractivity contribution in [2.45, 2.75) is 51.4 Å². The summed E-state index contributed by atoms with van der Waals surface area (Å²) in [7, 11) is 0. The lowest BCUT2D eigenvalue weighted by atomic mass is 9.63. The smallest absolute Gasteiger partial charge is 0.339 e. The van der Waals surface area contributed by atoms with E-state index >= 15 is 0 Å². The van der Waals surface area contributed by atoms with E-state index in [9.17, 15) is 19.5 Å². The Morgan fingerprint density at radius 1 is 0.897 bits per heavy atom. The van der Waals surface area contributed by atoms with Crippen molar-refractivity contribution in [3.05, 3.63) is 58.7 Å². The molecule has 0 aromatic heterocycles. The molecule has 1 amide bonds. The van der Waals surface area contributed by atoms with E-state index < -0.39 is 23.4 Å². The molecule has 0 saturated heterocycles. The van der Waals surface area contributed by atoms with Gasteiger partial charge in [-0.15, -0.1) is 0 Å². The number of hydrogen-bond donors (Lipinski definition) is 3. The molecule has 152 valence electrons. The van der Waals surface area contributed by atoms with Crippen molar-refractivity contribution in [2.75, 3.05) is 5.32 Å². The molecule has 2 aromatic carbocycles. The largest absolute Gasteiger partial charge is 0.507 e. The third-order valence-electron chi connectivity index (χ3n) is 5.81. The van der Waals surface area contributed by atoms with Crippen molar-refractivity contribution in [3.63, 3.8) is 0 Å². The van der Waals surface area contributed by atoms with Gasteiger partial charge in [-0.05, 0) is 53.0 Å². The summed E-state index contributed by atoms with van der Waals surface area (Å²) in [6.45, 7) is 8.65. The molecular formula is C23H25NO5. The van der Waals surface area contributed by atoms with Gasteiger partial charge in [0.25, 0.3) is 11.7 Å². The normalized spacial score (nSPS) is 16.6. The first kappa shape index (κ1) is 20.6. The first-order valence-electron chi connectivity index (χ1n) is 9.49. The highest BCUT2D eigenvalue weighted by atomic mass is 16.4. The molecule has 0 radical (unpaired) electrons. The molecule has 3 rings (SSSR count). The third-order valence-corrected chi connectivity index (χ3v) is 5.81. The standard InChI is InChI=1S/C23H25NO5/c1-22(2)9-10-23(3,4)17-11-13(5-8-16(17)22)19(26)20(27)24-14-6-7-15(21(28)29)18(25)12-14/h5-8,11-12,25H,9-10H2,1-4H3,(H,24,27)(H,28,29). The van der Waals surface area contributed by atoms with Crippen molar-refractivity contribution in [1.29, 1.82) is 0 Å². The van der Waals surface area contributed by atoms with Gasteiger partial charge in [0.1, 0.15) is 11.3 Å². The molecule has 0 aliphatic heterocycles. The van der Waals surface area contributed by atoms with E-state index in [0.29, 0.717) is 5.56 Å². The van der Waals surface area contributed by atoms with Gasteiger partial charge in [-0.2, -0.15) is 0 Å². The van der Waals surface area contributed by atoms with E-state index in [1.807, 2.05) is 12.1 Å². The number of carboxylic acids is 1. The number of nitrogens with one attached hydrogen (secondary N) is 1. The number of phenols is 1. The highest BCUT2D eigenvalue weighted by Crippen LogP contribution is 2.45. The fourth-order valence-electron chi connectivity index (χ4n) is 3.84. The van der Waals surface area contributed by atoms with E-state index in [0.717, 1.165) is 24.5 Å². The highest BCUT2D eigenvalue weighted by Gasteiger charge is 2.37. The number of carbonyl (C=O) groups excluding carboxylic acids is 2. The molecule has 6 nitrogen and oxygen atoms in total. The molecule has 0 atom stereocenters. The van der Waals surface area contributed by atoms with Crippen molar-refractivity contribution in [1.82, 2.24) is 0 Å². The fraction of sp³-hybridized carbons (Fsp3) is 0.348. The summed E-state index contributed by atoms with van der Waals surface area (Å²) in [5, 5.41) is 21.1. The number of benzene rings is 2. The summed E-state index contributed by atoms with van der Waals surface area (Å²) in [6.07, 6.45) is 2.04. The van der Waals surface area contributed by atoms with E-state index in [1.54, 1.807) is 6.07 Å². The van der Waals surface area contributed by atoms with Gasteiger partial charge < -0.3 is 15.5 Å². The number of amides is 1. The quantitative estimate of drug-likeness (QED) is 0.530. The van der Waals surface area contributed by atoms with Crippen molar-refractivity contribution >= 4 is 23.3 Å². The number of anilines is 1. The van der Waals surface area contributed by atoms with Crippen molar-refractivity contribution < 1.29 is 24.6 Å². The first-order valence-corrected chi connectivity index (χ1v) is 9.49. The highest BCUT2D eigenvalue weighted by molar-refractivity contribution is 6.46. The number of aromatic carboxylic acids is 1. The summed E-state index contributed by atoms with van der Waals surface area (Å²) >= 11 is 0. The van der Waals surface area contributed by atoms with E-state index in [4.69, 9.17) is 5.11 Å². The van der Waals surface area contributed by atoms with E-state index in [2.05, 4.69) is 33.0 Å². The predicted molar refractivity (Wildman–Crippen MR) is 110 cm³/mol.